The van der Waals surface area contributed by atoms with E-state index in [0.29, 0.717) is 5.33 Å². The van der Waals surface area contributed by atoms with E-state index >= 15 is 0 Å². The Morgan fingerprint density at radius 2 is 1.92 bits per heavy atom. The average Bonchev–Trinajstić information content (AvgIpc) is 2.01. The highest BCUT2D eigenvalue weighted by atomic mass is 80.0. The van der Waals surface area contributed by atoms with Crippen LogP contribution in [0, 0.1) is 0 Å². The van der Waals surface area contributed by atoms with Gasteiger partial charge in [-0.1, -0.05) is 91.3 Å². The van der Waals surface area contributed by atoms with Crippen LogP contribution in [0.25, 0.3) is 0 Å². The highest BCUT2D eigenvalue weighted by Crippen LogP contribution is 2.40. The Balaban J connectivity index is 4.07. The number of hydrogen-bond acceptors (Lipinski definition) is 2. The Labute approximate surface area is 123 Å². The van der Waals surface area contributed by atoms with E-state index in [0.717, 1.165) is 0 Å². The molecule has 0 aliphatic heterocycles. The molecule has 0 rings (SSSR count). The number of carbonyl (C=O) groups excluding carboxylic acids is 1. The quantitative estimate of drug-likeness (QED) is 0.406. The van der Waals surface area contributed by atoms with Crippen molar-refractivity contribution in [1.29, 1.82) is 0 Å². The first-order valence-corrected chi connectivity index (χ1v) is 7.75. The Kier molecular flexibility index (Phi) is 7.79. The third kappa shape index (κ3) is 6.35. The first kappa shape index (κ1) is 15.2. The van der Waals surface area contributed by atoms with Gasteiger partial charge < -0.3 is 4.74 Å². The summed E-state index contributed by atoms with van der Waals surface area (Å²) in [6, 6.07) is 0. The molecule has 13 heavy (non-hydrogen) atoms. The van der Waals surface area contributed by atoms with E-state index in [2.05, 4.69) is 79.6 Å². The Bertz CT molecular complexity index is 182. The van der Waals surface area contributed by atoms with E-state index in [4.69, 9.17) is 16.3 Å². The van der Waals surface area contributed by atoms with Gasteiger partial charge in [0.2, 0.25) is 5.56 Å². The minimum Gasteiger partial charge on any atom is -0.442 e. The minimum atomic E-state index is -0.848. The summed E-state index contributed by atoms with van der Waals surface area (Å²) in [6.45, 7) is 0. The Morgan fingerprint density at radius 1 is 1.46 bits per heavy atom. The molecular weight excluding hydrogens is 527 g/mol. The summed E-state index contributed by atoms with van der Waals surface area (Å²) in [5.74, 6) is -0.431. The molecule has 0 amide bonds. The SMILES string of the molecule is O=C(O[C@H](Cl)C(Br)(Br)Br)[C@H](Br)CBr. The fourth-order valence-corrected chi connectivity index (χ4v) is 1.05. The van der Waals surface area contributed by atoms with Crippen LogP contribution < -0.4 is 0 Å². The van der Waals surface area contributed by atoms with Crippen molar-refractivity contribution in [2.45, 2.75) is 12.5 Å². The fourth-order valence-electron chi connectivity index (χ4n) is 0.306. The molecule has 2 atom stereocenters. The van der Waals surface area contributed by atoms with E-state index in [1.54, 1.807) is 0 Å². The van der Waals surface area contributed by atoms with Gasteiger partial charge in [0, 0.05) is 5.33 Å². The van der Waals surface area contributed by atoms with Gasteiger partial charge in [-0.25, -0.2) is 0 Å². The second kappa shape index (κ2) is 6.68. The van der Waals surface area contributed by atoms with Crippen LogP contribution in [0.3, 0.4) is 0 Å². The fraction of sp³-hybridized carbons (Fsp3) is 0.800. The van der Waals surface area contributed by atoms with Crippen molar-refractivity contribution in [1.82, 2.24) is 0 Å². The highest BCUT2D eigenvalue weighted by molar-refractivity contribution is 9.39. The van der Waals surface area contributed by atoms with E-state index in [1.807, 2.05) is 0 Å². The van der Waals surface area contributed by atoms with E-state index in [9.17, 15) is 4.79 Å². The molecule has 0 N–H and O–H groups in total. The molecule has 0 aliphatic carbocycles. The maximum Gasteiger partial charge on any atom is 0.322 e. The van der Waals surface area contributed by atoms with Crippen molar-refractivity contribution < 1.29 is 9.53 Å². The number of hydrogen-bond donors (Lipinski definition) is 0. The molecule has 2 nitrogen and oxygen atoms in total. The van der Waals surface area contributed by atoms with Crippen LogP contribution in [0.4, 0.5) is 0 Å². The predicted octanol–water partition coefficient (Wildman–Crippen LogP) is 4.09. The number of alkyl halides is 6. The van der Waals surface area contributed by atoms with Gasteiger partial charge in [0.25, 0.3) is 0 Å². The molecule has 8 heteroatoms. The topological polar surface area (TPSA) is 26.3 Å². The Morgan fingerprint density at radius 3 is 2.23 bits per heavy atom. The lowest BCUT2D eigenvalue weighted by Crippen LogP contribution is -2.29. The first-order valence-electron chi connectivity index (χ1n) is 2.90. The monoisotopic (exact) mass is 526 g/mol. The van der Waals surface area contributed by atoms with Gasteiger partial charge in [0.1, 0.15) is 4.83 Å². The van der Waals surface area contributed by atoms with Crippen molar-refractivity contribution in [2.75, 3.05) is 5.33 Å². The molecule has 78 valence electrons. The molecule has 0 fully saturated rings. The van der Waals surface area contributed by atoms with Gasteiger partial charge in [-0.2, -0.15) is 0 Å². The lowest BCUT2D eigenvalue weighted by molar-refractivity contribution is -0.143. The van der Waals surface area contributed by atoms with Crippen LogP contribution in [-0.2, 0) is 9.53 Å². The van der Waals surface area contributed by atoms with Crippen LogP contribution in [0.5, 0.6) is 0 Å². The zero-order chi connectivity index (χ0) is 10.6. The summed E-state index contributed by atoms with van der Waals surface area (Å²) in [7, 11) is 0. The van der Waals surface area contributed by atoms with E-state index in [-0.39, 0.29) is 0 Å². The lowest BCUT2D eigenvalue weighted by Gasteiger charge is -2.20. The molecule has 0 saturated heterocycles. The van der Waals surface area contributed by atoms with Gasteiger partial charge >= 0.3 is 5.97 Å². The maximum atomic E-state index is 11.2. The minimum absolute atomic E-state index is 0.399. The summed E-state index contributed by atoms with van der Waals surface area (Å²) in [5.41, 5.74) is -0.848. The van der Waals surface area contributed by atoms with Gasteiger partial charge in [-0.15, -0.1) is 0 Å². The van der Waals surface area contributed by atoms with Crippen molar-refractivity contribution in [2.24, 2.45) is 0 Å². The van der Waals surface area contributed by atoms with Crippen LogP contribution in [-0.4, -0.2) is 23.8 Å². The van der Waals surface area contributed by atoms with Crippen LogP contribution in [0.15, 0.2) is 0 Å². The zero-order valence-electron chi connectivity index (χ0n) is 5.95. The molecule has 0 bridgehead atoms. The second-order valence-corrected chi connectivity index (χ2v) is 11.0. The van der Waals surface area contributed by atoms with Gasteiger partial charge in [-0.05, 0) is 0 Å². The molecule has 0 spiro atoms. The van der Waals surface area contributed by atoms with E-state index in [1.165, 1.54) is 0 Å². The summed E-state index contributed by atoms with van der Waals surface area (Å²) in [6.07, 6.45) is 0. The van der Waals surface area contributed by atoms with E-state index < -0.39 is 18.5 Å². The summed E-state index contributed by atoms with van der Waals surface area (Å²) < 4.78 is 4.07. The standard InChI is InChI=1S/C5H4Br5ClO2/c6-1-2(7)3(12)13-4(11)5(8,9)10/h2,4H,1H2/t2-,4+/m1/s1. The number of esters is 1. The van der Waals surface area contributed by atoms with Gasteiger partial charge in [-0.3, -0.25) is 4.79 Å². The number of ether oxygens (including phenoxy) is 1. The average molecular weight is 531 g/mol. The normalized spacial score (nSPS) is 16.5. The van der Waals surface area contributed by atoms with Crippen molar-refractivity contribution in [3.8, 4) is 0 Å². The highest BCUT2D eigenvalue weighted by Gasteiger charge is 2.33. The third-order valence-corrected chi connectivity index (χ3v) is 5.54. The number of halogens is 6. The van der Waals surface area contributed by atoms with Crippen LogP contribution in [0.1, 0.15) is 0 Å². The summed E-state index contributed by atoms with van der Waals surface area (Å²) >= 11 is 21.4. The molecule has 0 saturated carbocycles. The van der Waals surface area contributed by atoms with Crippen molar-refractivity contribution >= 4 is 97.2 Å². The molecule has 0 unspecified atom stereocenters. The molecule has 0 radical (unpaired) electrons. The van der Waals surface area contributed by atoms with Gasteiger partial charge in [0.15, 0.2) is 2.14 Å². The smallest absolute Gasteiger partial charge is 0.322 e. The second-order valence-electron chi connectivity index (χ2n) is 1.92. The molecular formula is C5H4Br5ClO2. The van der Waals surface area contributed by atoms with Crippen molar-refractivity contribution in [3.05, 3.63) is 0 Å². The van der Waals surface area contributed by atoms with Crippen molar-refractivity contribution in [3.63, 3.8) is 0 Å². The summed E-state index contributed by atoms with van der Waals surface area (Å²) in [5, 5.41) is 0.468. The molecule has 0 aromatic carbocycles. The Hall–Kier alpha value is 2.16. The van der Waals surface area contributed by atoms with Crippen LogP contribution in [0.2, 0.25) is 0 Å². The van der Waals surface area contributed by atoms with Crippen LogP contribution >= 0.6 is 91.3 Å². The molecule has 0 heterocycles. The maximum absolute atomic E-state index is 11.2. The van der Waals surface area contributed by atoms with Gasteiger partial charge in [0.05, 0.1) is 0 Å². The molecule has 0 aromatic heterocycles. The summed E-state index contributed by atoms with van der Waals surface area (Å²) in [4.78, 5) is 10.8. The largest absolute Gasteiger partial charge is 0.442 e. The zero-order valence-corrected chi connectivity index (χ0v) is 14.6. The predicted molar refractivity (Wildman–Crippen MR) is 71.8 cm³/mol. The number of carbonyl (C=O) groups is 1. The number of rotatable bonds is 3. The molecule has 0 aliphatic rings. The lowest BCUT2D eigenvalue weighted by atomic mass is 10.5. The third-order valence-electron chi connectivity index (χ3n) is 0.868. The molecule has 0 aromatic rings. The first-order chi connectivity index (χ1) is 5.79.